The maximum atomic E-state index is 11.3. The molecule has 1 aliphatic rings. The van der Waals surface area contributed by atoms with Crippen molar-refractivity contribution in [1.82, 2.24) is 9.55 Å². The van der Waals surface area contributed by atoms with Crippen LogP contribution >= 0.6 is 0 Å². The minimum absolute atomic E-state index is 0.208. The fourth-order valence-electron chi connectivity index (χ4n) is 5.58. The summed E-state index contributed by atoms with van der Waals surface area (Å²) in [5.74, 6) is 0.581. The number of hydrogen-bond donors (Lipinski definition) is 2. The highest BCUT2D eigenvalue weighted by molar-refractivity contribution is 5.27. The highest BCUT2D eigenvalue weighted by Crippen LogP contribution is 2.40. The van der Waals surface area contributed by atoms with Crippen LogP contribution in [0.15, 0.2) is 128 Å². The van der Waals surface area contributed by atoms with Gasteiger partial charge in [0, 0.05) is 6.20 Å². The quantitative estimate of drug-likeness (QED) is 0.191. The van der Waals surface area contributed by atoms with E-state index in [1.807, 2.05) is 126 Å². The van der Waals surface area contributed by atoms with Crippen molar-refractivity contribution >= 4 is 0 Å². The van der Waals surface area contributed by atoms with Crippen molar-refractivity contribution in [3.8, 4) is 0 Å². The Hall–Kier alpha value is -4.11. The minimum atomic E-state index is -0.944. The van der Waals surface area contributed by atoms with Gasteiger partial charge in [0.2, 0.25) is 0 Å². The van der Waals surface area contributed by atoms with Crippen molar-refractivity contribution in [2.75, 3.05) is 6.61 Å². The number of benzene rings is 4. The number of nitrogens with zero attached hydrogens (tertiary/aromatic N) is 2. The highest BCUT2D eigenvalue weighted by Gasteiger charge is 2.47. The van der Waals surface area contributed by atoms with Gasteiger partial charge < -0.3 is 29.0 Å². The molecule has 43 heavy (non-hydrogen) atoms. The summed E-state index contributed by atoms with van der Waals surface area (Å²) >= 11 is 0. The molecule has 4 aromatic carbocycles. The van der Waals surface area contributed by atoms with Gasteiger partial charge in [0.25, 0.3) is 0 Å². The highest BCUT2D eigenvalue weighted by atomic mass is 16.6. The number of aliphatic hydroxyl groups excluding tert-OH is 2. The van der Waals surface area contributed by atoms with Crippen molar-refractivity contribution in [3.05, 3.63) is 161 Å². The van der Waals surface area contributed by atoms with Gasteiger partial charge in [-0.1, -0.05) is 121 Å². The Morgan fingerprint density at radius 3 is 1.60 bits per heavy atom. The molecule has 220 valence electrons. The van der Waals surface area contributed by atoms with Gasteiger partial charge in [-0.2, -0.15) is 0 Å². The minimum Gasteiger partial charge on any atom is -0.394 e. The normalized spacial score (nSPS) is 20.4. The van der Waals surface area contributed by atoms with Gasteiger partial charge in [-0.15, -0.1) is 0 Å². The first-order valence-electron chi connectivity index (χ1n) is 14.6. The molecule has 2 heterocycles. The van der Waals surface area contributed by atoms with E-state index in [9.17, 15) is 10.2 Å². The third kappa shape index (κ3) is 6.77. The molecule has 1 aliphatic heterocycles. The maximum Gasteiger partial charge on any atom is 0.144 e. The number of fused-ring (bicyclic) bond motifs is 1. The van der Waals surface area contributed by atoms with E-state index in [1.165, 1.54) is 0 Å². The van der Waals surface area contributed by atoms with Gasteiger partial charge in [0.15, 0.2) is 0 Å². The lowest BCUT2D eigenvalue weighted by Gasteiger charge is -2.42. The van der Waals surface area contributed by atoms with E-state index in [0.29, 0.717) is 31.3 Å². The topological polar surface area (TPSA) is 86.0 Å². The molecule has 1 unspecified atom stereocenters. The van der Waals surface area contributed by atoms with E-state index in [0.717, 1.165) is 22.3 Å². The maximum absolute atomic E-state index is 11.3. The van der Waals surface area contributed by atoms with Crippen molar-refractivity contribution in [3.63, 3.8) is 0 Å². The van der Waals surface area contributed by atoms with Crippen LogP contribution in [0.3, 0.4) is 0 Å². The first-order valence-corrected chi connectivity index (χ1v) is 14.6. The fraction of sp³-hybridized carbons (Fsp3) is 0.250. The van der Waals surface area contributed by atoms with Crippen LogP contribution in [0.2, 0.25) is 0 Å². The van der Waals surface area contributed by atoms with Gasteiger partial charge in [-0.05, 0) is 22.3 Å². The average Bonchev–Trinajstić information content (AvgIpc) is 3.52. The number of aromatic nitrogens is 2. The number of imidazole rings is 1. The Bertz CT molecular complexity index is 1550. The summed E-state index contributed by atoms with van der Waals surface area (Å²) in [4.78, 5) is 4.92. The molecular weight excluding hydrogens is 540 g/mol. The van der Waals surface area contributed by atoms with E-state index < -0.39 is 30.5 Å². The SMILES string of the molecule is OC[C@@H]1[C@@H](OCc2ccccc2)[C@H](OCc2ccccc2)[C@@H](OCc2ccccc2)c2nc(C(O)c3ccccc3)cn21. The third-order valence-corrected chi connectivity index (χ3v) is 7.82. The first kappa shape index (κ1) is 29.0. The molecular formula is C36H36N2O5. The van der Waals surface area contributed by atoms with Crippen LogP contribution < -0.4 is 0 Å². The standard InChI is InChI=1S/C36H36N2O5/c39-22-31-33(41-23-26-13-5-1-6-14-26)34(42-24-27-15-7-2-8-16-27)35(43-25-28-17-9-3-10-18-28)36-37-30(21-38(31)36)32(40)29-19-11-4-12-20-29/h1-21,31-35,39-40H,22-25H2/t31-,32?,33-,34+,35-/m1/s1. The zero-order valence-corrected chi connectivity index (χ0v) is 23.9. The Morgan fingerprint density at radius 2 is 1.09 bits per heavy atom. The Morgan fingerprint density at radius 1 is 0.628 bits per heavy atom. The molecule has 0 bridgehead atoms. The lowest BCUT2D eigenvalue weighted by Crippen LogP contribution is -2.49. The van der Waals surface area contributed by atoms with Crippen LogP contribution in [0.25, 0.3) is 0 Å². The van der Waals surface area contributed by atoms with E-state index in [4.69, 9.17) is 19.2 Å². The lowest BCUT2D eigenvalue weighted by atomic mass is 9.95. The van der Waals surface area contributed by atoms with E-state index >= 15 is 0 Å². The molecule has 0 radical (unpaired) electrons. The number of aliphatic hydroxyl groups is 2. The molecule has 7 nitrogen and oxygen atoms in total. The van der Waals surface area contributed by atoms with Crippen LogP contribution in [-0.4, -0.2) is 38.6 Å². The van der Waals surface area contributed by atoms with Crippen molar-refractivity contribution < 1.29 is 24.4 Å². The summed E-state index contributed by atoms with van der Waals surface area (Å²) in [6.45, 7) is 0.790. The fourth-order valence-corrected chi connectivity index (χ4v) is 5.58. The zero-order valence-electron chi connectivity index (χ0n) is 23.9. The molecule has 0 aliphatic carbocycles. The summed E-state index contributed by atoms with van der Waals surface area (Å²) < 4.78 is 21.7. The van der Waals surface area contributed by atoms with E-state index in [2.05, 4.69) is 0 Å². The van der Waals surface area contributed by atoms with Crippen molar-refractivity contribution in [2.45, 2.75) is 50.3 Å². The Kier molecular flexibility index (Phi) is 9.37. The predicted molar refractivity (Wildman–Crippen MR) is 163 cm³/mol. The molecule has 2 N–H and O–H groups in total. The van der Waals surface area contributed by atoms with Gasteiger partial charge >= 0.3 is 0 Å². The monoisotopic (exact) mass is 576 g/mol. The largest absolute Gasteiger partial charge is 0.394 e. The molecule has 1 aromatic heterocycles. The zero-order chi connectivity index (χ0) is 29.4. The number of hydrogen-bond acceptors (Lipinski definition) is 6. The molecule has 0 fully saturated rings. The summed E-state index contributed by atoms with van der Waals surface area (Å²) in [6.07, 6.45) is -0.941. The number of rotatable bonds is 12. The van der Waals surface area contributed by atoms with Gasteiger partial charge in [0.05, 0.1) is 38.2 Å². The Labute approximate surface area is 252 Å². The average molecular weight is 577 g/mol. The molecule has 0 saturated carbocycles. The van der Waals surface area contributed by atoms with E-state index in [1.54, 1.807) is 6.20 Å². The van der Waals surface area contributed by atoms with Crippen LogP contribution in [0, 0.1) is 0 Å². The van der Waals surface area contributed by atoms with Crippen LogP contribution in [-0.2, 0) is 34.0 Å². The van der Waals surface area contributed by atoms with Gasteiger partial charge in [-0.25, -0.2) is 4.98 Å². The summed E-state index contributed by atoms with van der Waals surface area (Å²) in [5, 5.41) is 22.1. The second-order valence-electron chi connectivity index (χ2n) is 10.7. The van der Waals surface area contributed by atoms with Crippen molar-refractivity contribution in [1.29, 1.82) is 0 Å². The second-order valence-corrected chi connectivity index (χ2v) is 10.7. The van der Waals surface area contributed by atoms with Crippen LogP contribution in [0.1, 0.15) is 52.0 Å². The van der Waals surface area contributed by atoms with Crippen molar-refractivity contribution in [2.24, 2.45) is 0 Å². The Balaban J connectivity index is 1.39. The molecule has 6 rings (SSSR count). The number of ether oxygens (including phenoxy) is 3. The summed E-state index contributed by atoms with van der Waals surface area (Å²) in [5.41, 5.74) is 4.24. The lowest BCUT2D eigenvalue weighted by molar-refractivity contribution is -0.186. The molecule has 5 aromatic rings. The van der Waals surface area contributed by atoms with Crippen LogP contribution in [0.4, 0.5) is 0 Å². The second kappa shape index (κ2) is 13.9. The first-order chi connectivity index (χ1) is 21.2. The summed E-state index contributed by atoms with van der Waals surface area (Å²) in [6, 6.07) is 38.8. The molecule has 5 atom stereocenters. The van der Waals surface area contributed by atoms with Crippen LogP contribution in [0.5, 0.6) is 0 Å². The molecule has 7 heteroatoms. The molecule has 0 spiro atoms. The predicted octanol–water partition coefficient (Wildman–Crippen LogP) is 5.94. The third-order valence-electron chi connectivity index (χ3n) is 7.82. The smallest absolute Gasteiger partial charge is 0.144 e. The molecule has 0 saturated heterocycles. The summed E-state index contributed by atoms with van der Waals surface area (Å²) in [7, 11) is 0. The molecule has 0 amide bonds. The van der Waals surface area contributed by atoms with E-state index in [-0.39, 0.29) is 6.61 Å². The van der Waals surface area contributed by atoms with Gasteiger partial charge in [-0.3, -0.25) is 0 Å². The van der Waals surface area contributed by atoms with Gasteiger partial charge in [0.1, 0.15) is 30.2 Å².